The maximum atomic E-state index is 12.1. The minimum absolute atomic E-state index is 0.0264. The second-order valence-corrected chi connectivity index (χ2v) is 5.84. The molecule has 1 amide bonds. The lowest BCUT2D eigenvalue weighted by Crippen LogP contribution is -2.26. The monoisotopic (exact) mass is 326 g/mol. The predicted molar refractivity (Wildman–Crippen MR) is 92.0 cm³/mol. The lowest BCUT2D eigenvalue weighted by molar-refractivity contribution is -0.120. The van der Waals surface area contributed by atoms with Crippen molar-refractivity contribution in [2.45, 2.75) is 25.8 Å². The maximum absolute atomic E-state index is 12.1. The Morgan fingerprint density at radius 3 is 2.67 bits per heavy atom. The molecule has 1 N–H and O–H groups in total. The van der Waals surface area contributed by atoms with Crippen molar-refractivity contribution in [3.05, 3.63) is 47.8 Å². The van der Waals surface area contributed by atoms with Crippen LogP contribution in [-0.2, 0) is 17.8 Å². The molecule has 24 heavy (non-hydrogen) atoms. The summed E-state index contributed by atoms with van der Waals surface area (Å²) >= 11 is 0. The minimum Gasteiger partial charge on any atom is -0.497 e. The standard InChI is InChI=1S/C18H22N4O2/c1-24-16-6-4-14(5-7-16)12-17(23)20-13-15-8-9-19-18(21-15)22-10-2-3-11-22/h4-9H,2-3,10-13H2,1H3,(H,20,23). The molecule has 2 aromatic rings. The van der Waals surface area contributed by atoms with Gasteiger partial charge < -0.3 is 15.0 Å². The summed E-state index contributed by atoms with van der Waals surface area (Å²) in [6.07, 6.45) is 4.47. The first-order valence-electron chi connectivity index (χ1n) is 8.21. The molecule has 2 heterocycles. The van der Waals surface area contributed by atoms with E-state index in [-0.39, 0.29) is 5.91 Å². The highest BCUT2D eigenvalue weighted by atomic mass is 16.5. The van der Waals surface area contributed by atoms with Crippen LogP contribution in [0.3, 0.4) is 0 Å². The third-order valence-electron chi connectivity index (χ3n) is 4.08. The van der Waals surface area contributed by atoms with Crippen molar-refractivity contribution in [3.63, 3.8) is 0 Å². The van der Waals surface area contributed by atoms with Gasteiger partial charge in [-0.3, -0.25) is 4.79 Å². The molecule has 6 nitrogen and oxygen atoms in total. The number of amides is 1. The Labute approximate surface area is 141 Å². The molecular weight excluding hydrogens is 304 g/mol. The number of hydrogen-bond acceptors (Lipinski definition) is 5. The van der Waals surface area contributed by atoms with Gasteiger partial charge >= 0.3 is 0 Å². The zero-order valence-electron chi connectivity index (χ0n) is 13.9. The summed E-state index contributed by atoms with van der Waals surface area (Å²) < 4.78 is 5.11. The summed E-state index contributed by atoms with van der Waals surface area (Å²) in [5.41, 5.74) is 1.78. The Bertz CT molecular complexity index is 682. The summed E-state index contributed by atoms with van der Waals surface area (Å²) in [7, 11) is 1.62. The van der Waals surface area contributed by atoms with Crippen LogP contribution in [0.2, 0.25) is 0 Å². The van der Waals surface area contributed by atoms with Crippen LogP contribution in [0.5, 0.6) is 5.75 Å². The van der Waals surface area contributed by atoms with Crippen LogP contribution in [0.1, 0.15) is 24.1 Å². The van der Waals surface area contributed by atoms with Crippen LogP contribution in [0.4, 0.5) is 5.95 Å². The zero-order valence-corrected chi connectivity index (χ0v) is 13.9. The number of anilines is 1. The molecule has 1 saturated heterocycles. The van der Waals surface area contributed by atoms with Gasteiger partial charge in [0.25, 0.3) is 0 Å². The Morgan fingerprint density at radius 1 is 1.21 bits per heavy atom. The van der Waals surface area contributed by atoms with Gasteiger partial charge in [-0.05, 0) is 36.6 Å². The first-order chi connectivity index (χ1) is 11.7. The number of nitrogens with zero attached hydrogens (tertiary/aromatic N) is 3. The van der Waals surface area contributed by atoms with E-state index in [0.29, 0.717) is 13.0 Å². The Hall–Kier alpha value is -2.63. The molecule has 0 radical (unpaired) electrons. The lowest BCUT2D eigenvalue weighted by Gasteiger charge is -2.15. The van der Waals surface area contributed by atoms with Crippen molar-refractivity contribution in [1.82, 2.24) is 15.3 Å². The predicted octanol–water partition coefficient (Wildman–Crippen LogP) is 1.94. The van der Waals surface area contributed by atoms with Crippen molar-refractivity contribution in [2.24, 2.45) is 0 Å². The first kappa shape index (κ1) is 16.2. The van der Waals surface area contributed by atoms with Gasteiger partial charge in [-0.25, -0.2) is 9.97 Å². The van der Waals surface area contributed by atoms with Crippen molar-refractivity contribution < 1.29 is 9.53 Å². The SMILES string of the molecule is COc1ccc(CC(=O)NCc2ccnc(N3CCCC3)n2)cc1. The Balaban J connectivity index is 1.52. The van der Waals surface area contributed by atoms with E-state index in [1.165, 1.54) is 12.8 Å². The highest BCUT2D eigenvalue weighted by Crippen LogP contribution is 2.15. The molecule has 0 aliphatic carbocycles. The molecule has 0 saturated carbocycles. The van der Waals surface area contributed by atoms with Crippen LogP contribution in [-0.4, -0.2) is 36.1 Å². The van der Waals surface area contributed by atoms with Gasteiger partial charge in [0.1, 0.15) is 5.75 Å². The summed E-state index contributed by atoms with van der Waals surface area (Å²) in [6, 6.07) is 9.35. The summed E-state index contributed by atoms with van der Waals surface area (Å²) in [6.45, 7) is 2.43. The van der Waals surface area contributed by atoms with Crippen LogP contribution in [0, 0.1) is 0 Å². The van der Waals surface area contributed by atoms with Gasteiger partial charge in [-0.2, -0.15) is 0 Å². The highest BCUT2D eigenvalue weighted by Gasteiger charge is 2.15. The highest BCUT2D eigenvalue weighted by molar-refractivity contribution is 5.78. The smallest absolute Gasteiger partial charge is 0.225 e. The fourth-order valence-electron chi connectivity index (χ4n) is 2.73. The summed E-state index contributed by atoms with van der Waals surface area (Å²) in [5.74, 6) is 1.52. The van der Waals surface area contributed by atoms with E-state index in [4.69, 9.17) is 4.74 Å². The molecule has 1 aromatic heterocycles. The molecule has 0 atom stereocenters. The largest absolute Gasteiger partial charge is 0.497 e. The molecule has 1 fully saturated rings. The minimum atomic E-state index is -0.0264. The van der Waals surface area contributed by atoms with Gasteiger partial charge in [0.05, 0.1) is 25.8 Å². The molecular formula is C18H22N4O2. The Morgan fingerprint density at radius 2 is 1.96 bits per heavy atom. The number of carbonyl (C=O) groups excluding carboxylic acids is 1. The van der Waals surface area contributed by atoms with E-state index in [9.17, 15) is 4.79 Å². The Kier molecular flexibility index (Phi) is 5.25. The number of benzene rings is 1. The summed E-state index contributed by atoms with van der Waals surface area (Å²) in [4.78, 5) is 23.1. The number of ether oxygens (including phenoxy) is 1. The molecule has 126 valence electrons. The van der Waals surface area contributed by atoms with E-state index in [1.807, 2.05) is 30.3 Å². The normalized spacial score (nSPS) is 13.8. The van der Waals surface area contributed by atoms with Crippen LogP contribution in [0.15, 0.2) is 36.5 Å². The lowest BCUT2D eigenvalue weighted by atomic mass is 10.1. The molecule has 1 aliphatic rings. The molecule has 0 bridgehead atoms. The number of nitrogens with one attached hydrogen (secondary N) is 1. The first-order valence-corrected chi connectivity index (χ1v) is 8.21. The van der Waals surface area contributed by atoms with Crippen LogP contribution >= 0.6 is 0 Å². The van der Waals surface area contributed by atoms with Gasteiger partial charge in [0, 0.05) is 19.3 Å². The zero-order chi connectivity index (χ0) is 16.8. The van der Waals surface area contributed by atoms with Crippen molar-refractivity contribution in [2.75, 3.05) is 25.1 Å². The van der Waals surface area contributed by atoms with E-state index >= 15 is 0 Å². The number of hydrogen-bond donors (Lipinski definition) is 1. The molecule has 1 aliphatic heterocycles. The third kappa shape index (κ3) is 4.22. The number of methoxy groups -OCH3 is 1. The maximum Gasteiger partial charge on any atom is 0.225 e. The quantitative estimate of drug-likeness (QED) is 0.879. The molecule has 0 unspecified atom stereocenters. The average Bonchev–Trinajstić information content (AvgIpc) is 3.16. The van der Waals surface area contributed by atoms with Crippen molar-refractivity contribution in [1.29, 1.82) is 0 Å². The number of aromatic nitrogens is 2. The van der Waals surface area contributed by atoms with Gasteiger partial charge in [-0.1, -0.05) is 12.1 Å². The van der Waals surface area contributed by atoms with Gasteiger partial charge in [0.2, 0.25) is 11.9 Å². The van der Waals surface area contributed by atoms with E-state index in [2.05, 4.69) is 20.2 Å². The van der Waals surface area contributed by atoms with Crippen molar-refractivity contribution >= 4 is 11.9 Å². The molecule has 0 spiro atoms. The van der Waals surface area contributed by atoms with Crippen LogP contribution in [0.25, 0.3) is 0 Å². The topological polar surface area (TPSA) is 67.3 Å². The van der Waals surface area contributed by atoms with Crippen molar-refractivity contribution in [3.8, 4) is 5.75 Å². The number of rotatable bonds is 6. The third-order valence-corrected chi connectivity index (χ3v) is 4.08. The fraction of sp³-hybridized carbons (Fsp3) is 0.389. The number of carbonyl (C=O) groups is 1. The summed E-state index contributed by atoms with van der Waals surface area (Å²) in [5, 5.41) is 2.91. The second-order valence-electron chi connectivity index (χ2n) is 5.84. The van der Waals surface area contributed by atoms with Gasteiger partial charge in [0.15, 0.2) is 0 Å². The van der Waals surface area contributed by atoms with Gasteiger partial charge in [-0.15, -0.1) is 0 Å². The second kappa shape index (κ2) is 7.77. The van der Waals surface area contributed by atoms with Crippen LogP contribution < -0.4 is 15.0 Å². The average molecular weight is 326 g/mol. The molecule has 3 rings (SSSR count). The van der Waals surface area contributed by atoms with E-state index in [0.717, 1.165) is 36.0 Å². The molecule has 6 heteroatoms. The van der Waals surface area contributed by atoms with E-state index < -0.39 is 0 Å². The van der Waals surface area contributed by atoms with E-state index in [1.54, 1.807) is 13.3 Å². The fourth-order valence-corrected chi connectivity index (χ4v) is 2.73. The molecule has 1 aromatic carbocycles.